The number of furan rings is 1. The van der Waals surface area contributed by atoms with Gasteiger partial charge in [0.25, 0.3) is 0 Å². The molecule has 112 valence electrons. The Morgan fingerprint density at radius 3 is 2.82 bits per heavy atom. The Labute approximate surface area is 129 Å². The summed E-state index contributed by atoms with van der Waals surface area (Å²) in [7, 11) is 0. The SMILES string of the molecule is Cc1cc2occ(CC(=O)NCc3ccccn3)c2cc1C. The van der Waals surface area contributed by atoms with Crippen LogP contribution in [0.4, 0.5) is 0 Å². The van der Waals surface area contributed by atoms with Gasteiger partial charge in [-0.2, -0.15) is 0 Å². The molecule has 0 fully saturated rings. The lowest BCUT2D eigenvalue weighted by Crippen LogP contribution is -2.24. The lowest BCUT2D eigenvalue weighted by atomic mass is 10.0. The number of amides is 1. The number of pyridine rings is 1. The maximum Gasteiger partial charge on any atom is 0.224 e. The van der Waals surface area contributed by atoms with Gasteiger partial charge in [-0.1, -0.05) is 6.07 Å². The number of carbonyl (C=O) groups is 1. The van der Waals surface area contributed by atoms with E-state index in [-0.39, 0.29) is 5.91 Å². The van der Waals surface area contributed by atoms with Crippen molar-refractivity contribution in [2.45, 2.75) is 26.8 Å². The van der Waals surface area contributed by atoms with Crippen molar-refractivity contribution in [3.63, 3.8) is 0 Å². The predicted octanol–water partition coefficient (Wildman–Crippen LogP) is 3.30. The average molecular weight is 294 g/mol. The van der Waals surface area contributed by atoms with Crippen LogP contribution in [0.15, 0.2) is 47.2 Å². The summed E-state index contributed by atoms with van der Waals surface area (Å²) >= 11 is 0. The monoisotopic (exact) mass is 294 g/mol. The van der Waals surface area contributed by atoms with Crippen LogP contribution in [0.5, 0.6) is 0 Å². The molecule has 0 aliphatic rings. The number of carbonyl (C=O) groups excluding carboxylic acids is 1. The van der Waals surface area contributed by atoms with Crippen LogP contribution in [0.1, 0.15) is 22.4 Å². The molecule has 4 heteroatoms. The second kappa shape index (κ2) is 6.02. The standard InChI is InChI=1S/C18H18N2O2/c1-12-7-16-14(11-22-17(16)8-13(12)2)9-18(21)20-10-15-5-3-4-6-19-15/h3-8,11H,9-10H2,1-2H3,(H,20,21). The molecule has 0 aliphatic heterocycles. The van der Waals surface area contributed by atoms with E-state index in [1.165, 1.54) is 11.1 Å². The molecule has 2 heterocycles. The second-order valence-corrected chi connectivity index (χ2v) is 5.47. The minimum Gasteiger partial charge on any atom is -0.464 e. The van der Waals surface area contributed by atoms with Crippen molar-refractivity contribution in [2.75, 3.05) is 0 Å². The molecule has 4 nitrogen and oxygen atoms in total. The molecule has 0 aliphatic carbocycles. The molecule has 0 bridgehead atoms. The third-order valence-corrected chi connectivity index (χ3v) is 3.81. The Balaban J connectivity index is 1.70. The van der Waals surface area contributed by atoms with E-state index >= 15 is 0 Å². The molecule has 1 aromatic carbocycles. The molecule has 3 aromatic rings. The van der Waals surface area contributed by atoms with Crippen molar-refractivity contribution in [1.29, 1.82) is 0 Å². The fourth-order valence-electron chi connectivity index (χ4n) is 2.40. The van der Waals surface area contributed by atoms with Crippen molar-refractivity contribution in [1.82, 2.24) is 10.3 Å². The zero-order chi connectivity index (χ0) is 15.5. The normalized spacial score (nSPS) is 10.8. The molecule has 0 radical (unpaired) electrons. The quantitative estimate of drug-likeness (QED) is 0.803. The molecule has 1 N–H and O–H groups in total. The van der Waals surface area contributed by atoms with Gasteiger partial charge in [-0.3, -0.25) is 9.78 Å². The minimum absolute atomic E-state index is 0.0356. The highest BCUT2D eigenvalue weighted by atomic mass is 16.3. The Bertz CT molecular complexity index is 807. The fraction of sp³-hybridized carbons (Fsp3) is 0.222. The van der Waals surface area contributed by atoms with Crippen molar-refractivity contribution >= 4 is 16.9 Å². The zero-order valence-corrected chi connectivity index (χ0v) is 12.7. The van der Waals surface area contributed by atoms with Crippen LogP contribution in [0.3, 0.4) is 0 Å². The lowest BCUT2D eigenvalue weighted by molar-refractivity contribution is -0.120. The highest BCUT2D eigenvalue weighted by Gasteiger charge is 2.11. The topological polar surface area (TPSA) is 55.1 Å². The van der Waals surface area contributed by atoms with Crippen LogP contribution in [0.2, 0.25) is 0 Å². The number of nitrogens with zero attached hydrogens (tertiary/aromatic N) is 1. The summed E-state index contributed by atoms with van der Waals surface area (Å²) in [4.78, 5) is 16.3. The van der Waals surface area contributed by atoms with E-state index in [1.807, 2.05) is 24.3 Å². The lowest BCUT2D eigenvalue weighted by Gasteiger charge is -2.04. The first-order chi connectivity index (χ1) is 10.6. The molecule has 0 spiro atoms. The van der Waals surface area contributed by atoms with E-state index in [0.29, 0.717) is 13.0 Å². The van der Waals surface area contributed by atoms with E-state index in [9.17, 15) is 4.79 Å². The molecule has 0 saturated carbocycles. The van der Waals surface area contributed by atoms with Gasteiger partial charge in [-0.15, -0.1) is 0 Å². The first kappa shape index (κ1) is 14.3. The summed E-state index contributed by atoms with van der Waals surface area (Å²) in [6.45, 7) is 4.55. The summed E-state index contributed by atoms with van der Waals surface area (Å²) in [6.07, 6.45) is 3.70. The van der Waals surface area contributed by atoms with E-state index in [1.54, 1.807) is 12.5 Å². The van der Waals surface area contributed by atoms with Crippen LogP contribution >= 0.6 is 0 Å². The number of rotatable bonds is 4. The highest BCUT2D eigenvalue weighted by molar-refractivity contribution is 5.88. The van der Waals surface area contributed by atoms with Crippen molar-refractivity contribution in [2.24, 2.45) is 0 Å². The minimum atomic E-state index is -0.0356. The zero-order valence-electron chi connectivity index (χ0n) is 12.7. The maximum atomic E-state index is 12.1. The predicted molar refractivity (Wildman–Crippen MR) is 85.5 cm³/mol. The van der Waals surface area contributed by atoms with Gasteiger partial charge in [0.2, 0.25) is 5.91 Å². The summed E-state index contributed by atoms with van der Waals surface area (Å²) in [5, 5.41) is 3.90. The van der Waals surface area contributed by atoms with Crippen LogP contribution in [-0.4, -0.2) is 10.9 Å². The van der Waals surface area contributed by atoms with Gasteiger partial charge in [0.15, 0.2) is 0 Å². The highest BCUT2D eigenvalue weighted by Crippen LogP contribution is 2.25. The van der Waals surface area contributed by atoms with Crippen LogP contribution in [0.25, 0.3) is 11.0 Å². The average Bonchev–Trinajstić information content (AvgIpc) is 2.89. The number of benzene rings is 1. The van der Waals surface area contributed by atoms with Gasteiger partial charge in [0.05, 0.1) is 24.9 Å². The van der Waals surface area contributed by atoms with Crippen LogP contribution in [0, 0.1) is 13.8 Å². The first-order valence-electron chi connectivity index (χ1n) is 7.27. The number of aromatic nitrogens is 1. The van der Waals surface area contributed by atoms with Crippen molar-refractivity contribution in [3.05, 3.63) is 65.2 Å². The van der Waals surface area contributed by atoms with E-state index < -0.39 is 0 Å². The molecule has 1 amide bonds. The molecule has 0 atom stereocenters. The molecule has 2 aromatic heterocycles. The van der Waals surface area contributed by atoms with Gasteiger partial charge in [0.1, 0.15) is 5.58 Å². The van der Waals surface area contributed by atoms with E-state index in [2.05, 4.69) is 30.2 Å². The van der Waals surface area contributed by atoms with Crippen molar-refractivity contribution < 1.29 is 9.21 Å². The number of hydrogen-bond donors (Lipinski definition) is 1. The molecule has 3 rings (SSSR count). The fourth-order valence-corrected chi connectivity index (χ4v) is 2.40. The third-order valence-electron chi connectivity index (χ3n) is 3.81. The van der Waals surface area contributed by atoms with Gasteiger partial charge in [-0.25, -0.2) is 0 Å². The van der Waals surface area contributed by atoms with Gasteiger partial charge in [-0.05, 0) is 49.2 Å². The van der Waals surface area contributed by atoms with Gasteiger partial charge in [0, 0.05) is 17.1 Å². The Hall–Kier alpha value is -2.62. The van der Waals surface area contributed by atoms with Gasteiger partial charge >= 0.3 is 0 Å². The summed E-state index contributed by atoms with van der Waals surface area (Å²) in [6, 6.07) is 9.74. The molecule has 22 heavy (non-hydrogen) atoms. The molecular formula is C18H18N2O2. The number of aryl methyl sites for hydroxylation is 2. The Morgan fingerprint density at radius 2 is 2.05 bits per heavy atom. The Morgan fingerprint density at radius 1 is 1.23 bits per heavy atom. The number of nitrogens with one attached hydrogen (secondary N) is 1. The Kier molecular flexibility index (Phi) is 3.92. The molecular weight excluding hydrogens is 276 g/mol. The maximum absolute atomic E-state index is 12.1. The summed E-state index contributed by atoms with van der Waals surface area (Å²) < 4.78 is 5.56. The largest absolute Gasteiger partial charge is 0.464 e. The smallest absolute Gasteiger partial charge is 0.224 e. The number of fused-ring (bicyclic) bond motifs is 1. The van der Waals surface area contributed by atoms with E-state index in [0.717, 1.165) is 22.2 Å². The second-order valence-electron chi connectivity index (χ2n) is 5.47. The van der Waals surface area contributed by atoms with E-state index in [4.69, 9.17) is 4.42 Å². The number of hydrogen-bond acceptors (Lipinski definition) is 3. The van der Waals surface area contributed by atoms with Crippen molar-refractivity contribution in [3.8, 4) is 0 Å². The summed E-state index contributed by atoms with van der Waals surface area (Å²) in [5.41, 5.74) is 4.98. The molecule has 0 unspecified atom stereocenters. The van der Waals surface area contributed by atoms with Crippen LogP contribution < -0.4 is 5.32 Å². The summed E-state index contributed by atoms with van der Waals surface area (Å²) in [5.74, 6) is -0.0356. The van der Waals surface area contributed by atoms with Crippen LogP contribution in [-0.2, 0) is 17.8 Å². The molecule has 0 saturated heterocycles. The third kappa shape index (κ3) is 3.01. The first-order valence-corrected chi connectivity index (χ1v) is 7.27. The van der Waals surface area contributed by atoms with Gasteiger partial charge < -0.3 is 9.73 Å².